The summed E-state index contributed by atoms with van der Waals surface area (Å²) >= 11 is 0. The first-order valence-corrected chi connectivity index (χ1v) is 9.40. The highest BCUT2D eigenvalue weighted by molar-refractivity contribution is 5.90. The smallest absolute Gasteiger partial charge is 0.200 e. The molecule has 0 aliphatic carbocycles. The van der Waals surface area contributed by atoms with Crippen molar-refractivity contribution in [1.29, 1.82) is 0 Å². The van der Waals surface area contributed by atoms with Gasteiger partial charge in [-0.1, -0.05) is 13.8 Å². The molecule has 2 N–H and O–H groups in total. The third kappa shape index (κ3) is 4.78. The lowest BCUT2D eigenvalue weighted by atomic mass is 10.1. The second kappa shape index (κ2) is 9.39. The van der Waals surface area contributed by atoms with Crippen LogP contribution >= 0.6 is 0 Å². The van der Waals surface area contributed by atoms with E-state index < -0.39 is 0 Å². The Hall–Kier alpha value is -2.57. The van der Waals surface area contributed by atoms with Crippen LogP contribution in [0.1, 0.15) is 13.8 Å². The van der Waals surface area contributed by atoms with E-state index in [1.807, 2.05) is 19.9 Å². The summed E-state index contributed by atoms with van der Waals surface area (Å²) in [7, 11) is 0. The standard InChI is InChI=1S/C21H26N2O4/c1-3-22-9-11-25-15-6-8-19-18(13-15)21(24)17-7-5-16(14-20(17)27-19)26-12-10-23-4-2/h5-8,13-14,22-23H,3-4,9-12H2,1-2H3. The second-order valence-corrected chi connectivity index (χ2v) is 6.15. The number of hydrogen-bond donors (Lipinski definition) is 2. The average molecular weight is 370 g/mol. The van der Waals surface area contributed by atoms with Gasteiger partial charge in [-0.25, -0.2) is 0 Å². The van der Waals surface area contributed by atoms with Crippen molar-refractivity contribution >= 4 is 21.9 Å². The molecule has 0 aliphatic rings. The van der Waals surface area contributed by atoms with Crippen molar-refractivity contribution in [3.05, 3.63) is 46.6 Å². The molecular formula is C21H26N2O4. The summed E-state index contributed by atoms with van der Waals surface area (Å²) in [6.07, 6.45) is 0. The number of likely N-dealkylation sites (N-methyl/N-ethyl adjacent to an activating group) is 2. The van der Waals surface area contributed by atoms with Gasteiger partial charge in [0.25, 0.3) is 0 Å². The first-order valence-electron chi connectivity index (χ1n) is 9.40. The summed E-state index contributed by atoms with van der Waals surface area (Å²) in [6, 6.07) is 10.7. The number of fused-ring (bicyclic) bond motifs is 2. The number of rotatable bonds is 10. The van der Waals surface area contributed by atoms with Crippen molar-refractivity contribution in [2.75, 3.05) is 39.4 Å². The van der Waals surface area contributed by atoms with E-state index in [1.54, 1.807) is 30.3 Å². The SMILES string of the molecule is CCNCCOc1ccc2c(=O)c3cc(OCCNCC)ccc3oc2c1. The van der Waals surface area contributed by atoms with Gasteiger partial charge >= 0.3 is 0 Å². The zero-order chi connectivity index (χ0) is 19.1. The maximum Gasteiger partial charge on any atom is 0.200 e. The van der Waals surface area contributed by atoms with Crippen molar-refractivity contribution in [1.82, 2.24) is 10.6 Å². The van der Waals surface area contributed by atoms with Gasteiger partial charge in [0.1, 0.15) is 35.9 Å². The van der Waals surface area contributed by atoms with E-state index >= 15 is 0 Å². The Bertz CT molecular complexity index is 952. The first kappa shape index (κ1) is 19.2. The van der Waals surface area contributed by atoms with Crippen LogP contribution in [0, 0.1) is 0 Å². The van der Waals surface area contributed by atoms with Crippen LogP contribution in [-0.4, -0.2) is 39.4 Å². The van der Waals surface area contributed by atoms with Crippen LogP contribution in [0.25, 0.3) is 21.9 Å². The minimum absolute atomic E-state index is 0.0671. The molecule has 27 heavy (non-hydrogen) atoms. The number of benzene rings is 2. The van der Waals surface area contributed by atoms with E-state index in [4.69, 9.17) is 13.9 Å². The van der Waals surface area contributed by atoms with Gasteiger partial charge in [0.15, 0.2) is 0 Å². The third-order valence-electron chi connectivity index (χ3n) is 4.21. The molecule has 0 amide bonds. The molecule has 3 aromatic rings. The highest BCUT2D eigenvalue weighted by atomic mass is 16.5. The molecule has 3 rings (SSSR count). The van der Waals surface area contributed by atoms with E-state index in [0.717, 1.165) is 26.2 Å². The largest absolute Gasteiger partial charge is 0.492 e. The summed E-state index contributed by atoms with van der Waals surface area (Å²) in [4.78, 5) is 12.8. The molecule has 1 aromatic heterocycles. The monoisotopic (exact) mass is 370 g/mol. The Morgan fingerprint density at radius 1 is 0.815 bits per heavy atom. The Balaban J connectivity index is 1.83. The number of nitrogens with one attached hydrogen (secondary N) is 2. The van der Waals surface area contributed by atoms with Gasteiger partial charge in [0.2, 0.25) is 5.43 Å². The summed E-state index contributed by atoms with van der Waals surface area (Å²) in [6.45, 7) is 8.54. The molecule has 6 nitrogen and oxygen atoms in total. The maximum atomic E-state index is 12.8. The van der Waals surface area contributed by atoms with E-state index in [9.17, 15) is 4.79 Å². The molecule has 0 radical (unpaired) electrons. The van der Waals surface area contributed by atoms with E-state index in [1.165, 1.54) is 0 Å². The van der Waals surface area contributed by atoms with Gasteiger partial charge in [-0.3, -0.25) is 4.79 Å². The fourth-order valence-electron chi connectivity index (χ4n) is 2.83. The maximum absolute atomic E-state index is 12.8. The van der Waals surface area contributed by atoms with Crippen LogP contribution in [0.4, 0.5) is 0 Å². The van der Waals surface area contributed by atoms with Crippen LogP contribution < -0.4 is 25.5 Å². The lowest BCUT2D eigenvalue weighted by Gasteiger charge is -2.09. The van der Waals surface area contributed by atoms with Gasteiger partial charge in [0, 0.05) is 19.2 Å². The van der Waals surface area contributed by atoms with Crippen LogP contribution in [0.5, 0.6) is 11.5 Å². The van der Waals surface area contributed by atoms with Crippen molar-refractivity contribution < 1.29 is 13.9 Å². The summed E-state index contributed by atoms with van der Waals surface area (Å²) in [5.74, 6) is 1.35. The van der Waals surface area contributed by atoms with Crippen molar-refractivity contribution in [3.63, 3.8) is 0 Å². The van der Waals surface area contributed by atoms with Gasteiger partial charge in [0.05, 0.1) is 10.8 Å². The van der Waals surface area contributed by atoms with E-state index in [2.05, 4.69) is 10.6 Å². The predicted molar refractivity (Wildman–Crippen MR) is 108 cm³/mol. The lowest BCUT2D eigenvalue weighted by molar-refractivity contribution is 0.315. The molecule has 0 aliphatic heterocycles. The Morgan fingerprint density at radius 3 is 2.11 bits per heavy atom. The number of ether oxygens (including phenoxy) is 2. The minimum atomic E-state index is -0.0671. The summed E-state index contributed by atoms with van der Waals surface area (Å²) in [5, 5.41) is 7.45. The highest BCUT2D eigenvalue weighted by Gasteiger charge is 2.10. The Labute approximate surface area is 158 Å². The van der Waals surface area contributed by atoms with Crippen LogP contribution in [0.2, 0.25) is 0 Å². The van der Waals surface area contributed by atoms with Crippen LogP contribution in [0.15, 0.2) is 45.6 Å². The zero-order valence-electron chi connectivity index (χ0n) is 15.8. The fourth-order valence-corrected chi connectivity index (χ4v) is 2.83. The third-order valence-corrected chi connectivity index (χ3v) is 4.21. The molecule has 0 saturated carbocycles. The molecule has 0 fully saturated rings. The molecule has 0 bridgehead atoms. The zero-order valence-corrected chi connectivity index (χ0v) is 15.8. The molecule has 144 valence electrons. The van der Waals surface area contributed by atoms with Crippen molar-refractivity contribution in [2.45, 2.75) is 13.8 Å². The summed E-state index contributed by atoms with van der Waals surface area (Å²) < 4.78 is 17.3. The second-order valence-electron chi connectivity index (χ2n) is 6.15. The molecule has 0 unspecified atom stereocenters. The molecule has 2 aromatic carbocycles. The van der Waals surface area contributed by atoms with Gasteiger partial charge in [-0.05, 0) is 43.4 Å². The van der Waals surface area contributed by atoms with Gasteiger partial charge in [-0.2, -0.15) is 0 Å². The molecule has 6 heteroatoms. The van der Waals surface area contributed by atoms with Gasteiger partial charge in [-0.15, -0.1) is 0 Å². The van der Waals surface area contributed by atoms with E-state index in [-0.39, 0.29) is 5.43 Å². The minimum Gasteiger partial charge on any atom is -0.492 e. The van der Waals surface area contributed by atoms with Gasteiger partial charge < -0.3 is 24.5 Å². The Kier molecular flexibility index (Phi) is 6.68. The normalized spacial score (nSPS) is 11.2. The molecule has 0 saturated heterocycles. The highest BCUT2D eigenvalue weighted by Crippen LogP contribution is 2.25. The quantitative estimate of drug-likeness (QED) is 0.422. The topological polar surface area (TPSA) is 72.7 Å². The molecule has 0 atom stereocenters. The lowest BCUT2D eigenvalue weighted by Crippen LogP contribution is -2.20. The molecule has 0 spiro atoms. The predicted octanol–water partition coefficient (Wildman–Crippen LogP) is 2.92. The average Bonchev–Trinajstić information content (AvgIpc) is 2.69. The molecular weight excluding hydrogens is 344 g/mol. The fraction of sp³-hybridized carbons (Fsp3) is 0.381. The van der Waals surface area contributed by atoms with E-state index in [0.29, 0.717) is 46.7 Å². The van der Waals surface area contributed by atoms with Crippen LogP contribution in [-0.2, 0) is 0 Å². The van der Waals surface area contributed by atoms with Crippen molar-refractivity contribution in [3.8, 4) is 11.5 Å². The Morgan fingerprint density at radius 2 is 1.44 bits per heavy atom. The summed E-state index contributed by atoms with van der Waals surface area (Å²) in [5.41, 5.74) is 0.994. The first-order chi connectivity index (χ1) is 13.2. The number of hydrogen-bond acceptors (Lipinski definition) is 6. The molecule has 1 heterocycles. The van der Waals surface area contributed by atoms with Crippen molar-refractivity contribution in [2.24, 2.45) is 0 Å². The van der Waals surface area contributed by atoms with Crippen LogP contribution in [0.3, 0.4) is 0 Å².